The van der Waals surface area contributed by atoms with Crippen LogP contribution >= 0.6 is 0 Å². The molecule has 0 aliphatic rings. The lowest BCUT2D eigenvalue weighted by molar-refractivity contribution is 0.0992. The minimum absolute atomic E-state index is 0.0850. The summed E-state index contributed by atoms with van der Waals surface area (Å²) in [7, 11) is 0. The van der Waals surface area contributed by atoms with Crippen molar-refractivity contribution in [1.82, 2.24) is 19.6 Å². The highest BCUT2D eigenvalue weighted by Crippen LogP contribution is 2.30. The highest BCUT2D eigenvalue weighted by molar-refractivity contribution is 6.02. The molecule has 0 fully saturated rings. The van der Waals surface area contributed by atoms with Crippen LogP contribution in [-0.2, 0) is 19.7 Å². The molecule has 4 aromatic rings. The molecular weight excluding hydrogens is 477 g/mol. The third kappa shape index (κ3) is 4.74. The lowest BCUT2D eigenvalue weighted by Gasteiger charge is -2.09. The minimum Gasteiger partial charge on any atom is -0.479 e. The fourth-order valence-electron chi connectivity index (χ4n) is 3.27. The fourth-order valence-corrected chi connectivity index (χ4v) is 3.27. The van der Waals surface area contributed by atoms with Crippen molar-refractivity contribution in [1.29, 1.82) is 0 Å². The number of rotatable bonds is 8. The average Bonchev–Trinajstić information content (AvgIpc) is 3.58. The van der Waals surface area contributed by atoms with Crippen LogP contribution in [-0.4, -0.2) is 25.5 Å². The summed E-state index contributed by atoms with van der Waals surface area (Å²) in [6, 6.07) is 2.53. The van der Waals surface area contributed by atoms with E-state index in [-0.39, 0.29) is 11.5 Å². The summed E-state index contributed by atoms with van der Waals surface area (Å²) < 4.78 is 80.5. The van der Waals surface area contributed by atoms with Crippen molar-refractivity contribution in [3.05, 3.63) is 82.6 Å². The van der Waals surface area contributed by atoms with Gasteiger partial charge in [0.15, 0.2) is 11.5 Å². The molecule has 0 bridgehead atoms. The number of carbonyl (C=O) groups is 1. The smallest absolute Gasteiger partial charge is 0.291 e. The Morgan fingerprint density at radius 3 is 2.37 bits per heavy atom. The van der Waals surface area contributed by atoms with E-state index in [9.17, 15) is 26.7 Å². The van der Waals surface area contributed by atoms with Crippen LogP contribution in [0, 0.1) is 36.0 Å². The van der Waals surface area contributed by atoms with Gasteiger partial charge in [0.05, 0.1) is 24.6 Å². The van der Waals surface area contributed by atoms with Crippen LogP contribution in [0.1, 0.15) is 34.5 Å². The zero-order valence-corrected chi connectivity index (χ0v) is 18.4. The molecule has 13 heteroatoms. The van der Waals surface area contributed by atoms with E-state index in [1.165, 1.54) is 18.3 Å². The number of aryl methyl sites for hydroxylation is 1. The normalized spacial score (nSPS) is 11.2. The van der Waals surface area contributed by atoms with Crippen LogP contribution in [0.15, 0.2) is 35.1 Å². The van der Waals surface area contributed by atoms with Crippen LogP contribution in [0.2, 0.25) is 0 Å². The number of benzene rings is 1. The molecule has 3 aromatic heterocycles. The predicted molar refractivity (Wildman–Crippen MR) is 111 cm³/mol. The van der Waals surface area contributed by atoms with Gasteiger partial charge in [-0.2, -0.15) is 19.0 Å². The molecule has 184 valence electrons. The van der Waals surface area contributed by atoms with E-state index >= 15 is 0 Å². The van der Waals surface area contributed by atoms with Gasteiger partial charge in [0.2, 0.25) is 29.1 Å². The lowest BCUT2D eigenvalue weighted by Crippen LogP contribution is -2.10. The number of anilines is 1. The third-order valence-electron chi connectivity index (χ3n) is 5.14. The summed E-state index contributed by atoms with van der Waals surface area (Å²) in [6.07, 6.45) is 4.79. The Labute approximate surface area is 194 Å². The number of carbonyl (C=O) groups excluding carboxylic acids is 1. The lowest BCUT2D eigenvalue weighted by atomic mass is 10.2. The van der Waals surface area contributed by atoms with Gasteiger partial charge in [0.25, 0.3) is 5.91 Å². The van der Waals surface area contributed by atoms with E-state index in [4.69, 9.17) is 9.15 Å². The molecule has 0 atom stereocenters. The topological polar surface area (TPSA) is 87.1 Å². The van der Waals surface area contributed by atoms with Gasteiger partial charge in [-0.05, 0) is 26.0 Å². The van der Waals surface area contributed by atoms with Crippen molar-refractivity contribution in [2.75, 3.05) is 5.32 Å². The molecule has 0 aliphatic heterocycles. The van der Waals surface area contributed by atoms with Gasteiger partial charge < -0.3 is 14.5 Å². The van der Waals surface area contributed by atoms with Crippen LogP contribution in [0.3, 0.4) is 0 Å². The maximum absolute atomic E-state index is 13.7. The van der Waals surface area contributed by atoms with Crippen LogP contribution < -0.4 is 10.1 Å². The predicted octanol–water partition coefficient (Wildman–Crippen LogP) is 4.58. The first-order chi connectivity index (χ1) is 16.7. The highest BCUT2D eigenvalue weighted by atomic mass is 19.2. The molecule has 0 spiro atoms. The summed E-state index contributed by atoms with van der Waals surface area (Å²) in [6.45, 7) is 4.43. The monoisotopic (exact) mass is 495 g/mol. The molecular formula is C22H18F5N5O3. The van der Waals surface area contributed by atoms with E-state index in [1.807, 2.05) is 18.5 Å². The van der Waals surface area contributed by atoms with Crippen molar-refractivity contribution in [3.63, 3.8) is 0 Å². The number of hydrogen-bond donors (Lipinski definition) is 1. The first-order valence-corrected chi connectivity index (χ1v) is 10.3. The molecule has 0 aliphatic carbocycles. The summed E-state index contributed by atoms with van der Waals surface area (Å²) in [5.41, 5.74) is 2.35. The Balaban J connectivity index is 1.38. The molecule has 1 aromatic carbocycles. The Kier molecular flexibility index (Phi) is 6.58. The van der Waals surface area contributed by atoms with Gasteiger partial charge in [-0.1, -0.05) is 0 Å². The van der Waals surface area contributed by atoms with Gasteiger partial charge in [-0.25, -0.2) is 13.2 Å². The summed E-state index contributed by atoms with van der Waals surface area (Å²) in [5, 5.41) is 11.0. The van der Waals surface area contributed by atoms with Crippen LogP contribution in [0.5, 0.6) is 5.75 Å². The SMILES string of the molecule is CCn1ncc(Cn2cc(NC(=O)c3ccc(COc4c(F)c(F)c(F)c(F)c4F)o3)cn2)c1C. The molecule has 3 heterocycles. The molecule has 35 heavy (non-hydrogen) atoms. The molecule has 0 unspecified atom stereocenters. The molecule has 8 nitrogen and oxygen atoms in total. The van der Waals surface area contributed by atoms with E-state index < -0.39 is 47.3 Å². The van der Waals surface area contributed by atoms with Crippen LogP contribution in [0.25, 0.3) is 0 Å². The molecule has 0 saturated carbocycles. The van der Waals surface area contributed by atoms with E-state index in [0.717, 1.165) is 17.8 Å². The average molecular weight is 495 g/mol. The molecule has 0 radical (unpaired) electrons. The number of nitrogens with one attached hydrogen (secondary N) is 1. The van der Waals surface area contributed by atoms with Crippen molar-refractivity contribution in [3.8, 4) is 5.75 Å². The van der Waals surface area contributed by atoms with E-state index in [0.29, 0.717) is 12.2 Å². The Hall–Kier alpha value is -4.16. The maximum atomic E-state index is 13.7. The zero-order chi connectivity index (χ0) is 25.3. The van der Waals surface area contributed by atoms with Gasteiger partial charge in [0, 0.05) is 24.0 Å². The number of hydrogen-bond acceptors (Lipinski definition) is 5. The second-order valence-corrected chi connectivity index (χ2v) is 7.41. The maximum Gasteiger partial charge on any atom is 0.291 e. The number of ether oxygens (including phenoxy) is 1. The first-order valence-electron chi connectivity index (χ1n) is 10.3. The highest BCUT2D eigenvalue weighted by Gasteiger charge is 2.27. The largest absolute Gasteiger partial charge is 0.479 e. The van der Waals surface area contributed by atoms with Crippen molar-refractivity contribution >= 4 is 11.6 Å². The van der Waals surface area contributed by atoms with Crippen molar-refractivity contribution in [2.45, 2.75) is 33.5 Å². The van der Waals surface area contributed by atoms with Crippen molar-refractivity contribution in [2.24, 2.45) is 0 Å². The summed E-state index contributed by atoms with van der Waals surface area (Å²) in [5.74, 6) is -13.1. The standard InChI is InChI=1S/C22H18F5N5O3/c1-3-32-11(2)12(6-29-32)8-31-9-13(7-28-31)30-22(33)15-5-4-14(35-15)10-34-21-19(26)17(24)16(23)18(25)20(21)27/h4-7,9H,3,8,10H2,1-2H3,(H,30,33). The molecule has 1 N–H and O–H groups in total. The Bertz CT molecular complexity index is 1370. The summed E-state index contributed by atoms with van der Waals surface area (Å²) >= 11 is 0. The van der Waals surface area contributed by atoms with E-state index in [1.54, 1.807) is 17.1 Å². The fraction of sp³-hybridized carbons (Fsp3) is 0.227. The van der Waals surface area contributed by atoms with Gasteiger partial charge >= 0.3 is 0 Å². The van der Waals surface area contributed by atoms with Crippen molar-refractivity contribution < 1.29 is 35.9 Å². The minimum atomic E-state index is -2.29. The zero-order valence-electron chi connectivity index (χ0n) is 18.4. The van der Waals surface area contributed by atoms with Crippen LogP contribution in [0.4, 0.5) is 27.6 Å². The Morgan fingerprint density at radius 1 is 1.03 bits per heavy atom. The Morgan fingerprint density at radius 2 is 1.71 bits per heavy atom. The quantitative estimate of drug-likeness (QED) is 0.220. The van der Waals surface area contributed by atoms with Gasteiger partial charge in [0.1, 0.15) is 12.4 Å². The summed E-state index contributed by atoms with van der Waals surface area (Å²) in [4.78, 5) is 12.4. The third-order valence-corrected chi connectivity index (χ3v) is 5.14. The number of furan rings is 1. The number of halogens is 5. The number of nitrogens with zero attached hydrogens (tertiary/aromatic N) is 4. The molecule has 0 saturated heterocycles. The number of amides is 1. The van der Waals surface area contributed by atoms with Gasteiger partial charge in [-0.15, -0.1) is 0 Å². The second-order valence-electron chi connectivity index (χ2n) is 7.41. The van der Waals surface area contributed by atoms with E-state index in [2.05, 4.69) is 15.5 Å². The first kappa shape index (κ1) is 24.0. The molecule has 1 amide bonds. The molecule has 4 rings (SSSR count). The second kappa shape index (κ2) is 9.60. The van der Waals surface area contributed by atoms with Gasteiger partial charge in [-0.3, -0.25) is 14.2 Å². The number of aromatic nitrogens is 4.